The zero-order valence-corrected chi connectivity index (χ0v) is 8.23. The quantitative estimate of drug-likeness (QED) is 0.790. The average molecular weight is 192 g/mol. The van der Waals surface area contributed by atoms with Crippen LogP contribution in [-0.2, 0) is 11.3 Å². The lowest BCUT2D eigenvalue weighted by atomic mass is 9.83. The Bertz CT molecular complexity index is 265. The van der Waals surface area contributed by atoms with E-state index in [1.54, 1.807) is 0 Å². The highest BCUT2D eigenvalue weighted by molar-refractivity contribution is 5.13. The summed E-state index contributed by atoms with van der Waals surface area (Å²) in [5.74, 6) is 0.482. The Labute approximate surface area is 84.5 Å². The second-order valence-corrected chi connectivity index (χ2v) is 3.94. The molecule has 1 aliphatic carbocycles. The maximum absolute atomic E-state index is 8.83. The van der Waals surface area contributed by atoms with Crippen molar-refractivity contribution in [3.05, 3.63) is 35.9 Å². The molecule has 2 nitrogen and oxygen atoms in total. The Morgan fingerprint density at radius 2 is 1.93 bits per heavy atom. The lowest BCUT2D eigenvalue weighted by Gasteiger charge is -2.33. The van der Waals surface area contributed by atoms with E-state index < -0.39 is 0 Å². The number of benzene rings is 1. The molecule has 1 saturated carbocycles. The van der Waals surface area contributed by atoms with Crippen LogP contribution >= 0.6 is 0 Å². The summed E-state index contributed by atoms with van der Waals surface area (Å²) in [6, 6.07) is 10.2. The van der Waals surface area contributed by atoms with Crippen molar-refractivity contribution in [3.63, 3.8) is 0 Å². The van der Waals surface area contributed by atoms with Crippen LogP contribution < -0.4 is 0 Å². The van der Waals surface area contributed by atoms with Gasteiger partial charge in [-0.1, -0.05) is 30.3 Å². The molecular formula is C12H16O2. The molecule has 1 fully saturated rings. The first-order valence-electron chi connectivity index (χ1n) is 5.15. The van der Waals surface area contributed by atoms with Gasteiger partial charge in [-0.25, -0.2) is 0 Å². The van der Waals surface area contributed by atoms with Gasteiger partial charge in [0.25, 0.3) is 0 Å². The molecule has 0 amide bonds. The molecule has 0 spiro atoms. The van der Waals surface area contributed by atoms with Crippen molar-refractivity contribution in [3.8, 4) is 0 Å². The van der Waals surface area contributed by atoms with E-state index in [0.717, 1.165) is 12.8 Å². The summed E-state index contributed by atoms with van der Waals surface area (Å²) >= 11 is 0. The minimum absolute atomic E-state index is 0.311. The molecule has 0 saturated heterocycles. The molecule has 14 heavy (non-hydrogen) atoms. The lowest BCUT2D eigenvalue weighted by molar-refractivity contribution is -0.0532. The Balaban J connectivity index is 1.69. The molecule has 0 radical (unpaired) electrons. The number of aliphatic hydroxyl groups is 1. The Hall–Kier alpha value is -0.860. The van der Waals surface area contributed by atoms with Crippen molar-refractivity contribution >= 4 is 0 Å². The molecular weight excluding hydrogens is 176 g/mol. The largest absolute Gasteiger partial charge is 0.396 e. The molecule has 0 aliphatic heterocycles. The van der Waals surface area contributed by atoms with Crippen LogP contribution in [-0.4, -0.2) is 17.8 Å². The fourth-order valence-corrected chi connectivity index (χ4v) is 1.75. The van der Waals surface area contributed by atoms with Crippen LogP contribution in [0.2, 0.25) is 0 Å². The van der Waals surface area contributed by atoms with Gasteiger partial charge in [-0.15, -0.1) is 0 Å². The lowest BCUT2D eigenvalue weighted by Crippen LogP contribution is -2.33. The van der Waals surface area contributed by atoms with Crippen LogP contribution in [0.15, 0.2) is 30.3 Å². The van der Waals surface area contributed by atoms with Crippen molar-refractivity contribution in [1.29, 1.82) is 0 Å². The van der Waals surface area contributed by atoms with E-state index in [1.807, 2.05) is 18.2 Å². The highest BCUT2D eigenvalue weighted by Gasteiger charge is 2.28. The zero-order valence-electron chi connectivity index (χ0n) is 8.23. The Morgan fingerprint density at radius 1 is 1.21 bits per heavy atom. The van der Waals surface area contributed by atoms with E-state index in [1.165, 1.54) is 5.56 Å². The van der Waals surface area contributed by atoms with Gasteiger partial charge < -0.3 is 9.84 Å². The Morgan fingerprint density at radius 3 is 2.57 bits per heavy atom. The molecule has 0 heterocycles. The van der Waals surface area contributed by atoms with Gasteiger partial charge in [0.2, 0.25) is 0 Å². The first-order chi connectivity index (χ1) is 6.88. The fraction of sp³-hybridized carbons (Fsp3) is 0.500. The van der Waals surface area contributed by atoms with Gasteiger partial charge in [0, 0.05) is 6.61 Å². The van der Waals surface area contributed by atoms with Crippen LogP contribution in [0.5, 0.6) is 0 Å². The van der Waals surface area contributed by atoms with E-state index in [2.05, 4.69) is 12.1 Å². The van der Waals surface area contributed by atoms with Crippen LogP contribution in [0.4, 0.5) is 0 Å². The van der Waals surface area contributed by atoms with Crippen LogP contribution in [0.25, 0.3) is 0 Å². The van der Waals surface area contributed by atoms with Gasteiger partial charge in [-0.2, -0.15) is 0 Å². The maximum atomic E-state index is 8.83. The van der Waals surface area contributed by atoms with Gasteiger partial charge in [0.05, 0.1) is 12.7 Å². The standard InChI is InChI=1S/C12H16O2/c13-8-11-6-12(7-11)14-9-10-4-2-1-3-5-10/h1-5,11-13H,6-9H2/t11-,12-. The van der Waals surface area contributed by atoms with E-state index in [4.69, 9.17) is 9.84 Å². The SMILES string of the molecule is OC[C@H]1C[C@H](OCc2ccccc2)C1. The molecule has 76 valence electrons. The molecule has 1 aliphatic rings. The normalized spacial score (nSPS) is 25.8. The van der Waals surface area contributed by atoms with E-state index in [9.17, 15) is 0 Å². The van der Waals surface area contributed by atoms with Gasteiger partial charge >= 0.3 is 0 Å². The van der Waals surface area contributed by atoms with Crippen molar-refractivity contribution < 1.29 is 9.84 Å². The molecule has 2 rings (SSSR count). The molecule has 0 unspecified atom stereocenters. The molecule has 2 heteroatoms. The summed E-state index contributed by atoms with van der Waals surface area (Å²) in [5, 5.41) is 8.83. The minimum Gasteiger partial charge on any atom is -0.396 e. The number of hydrogen-bond donors (Lipinski definition) is 1. The maximum Gasteiger partial charge on any atom is 0.0720 e. The average Bonchev–Trinajstić information content (AvgIpc) is 2.17. The molecule has 0 atom stereocenters. The number of aliphatic hydroxyl groups excluding tert-OH is 1. The first kappa shape index (κ1) is 9.69. The fourth-order valence-electron chi connectivity index (χ4n) is 1.75. The number of hydrogen-bond acceptors (Lipinski definition) is 2. The molecule has 1 aromatic rings. The van der Waals surface area contributed by atoms with Crippen LogP contribution in [0, 0.1) is 5.92 Å². The predicted molar refractivity (Wildman–Crippen MR) is 54.8 cm³/mol. The van der Waals surface area contributed by atoms with E-state index in [-0.39, 0.29) is 0 Å². The summed E-state index contributed by atoms with van der Waals surface area (Å²) in [6.07, 6.45) is 2.40. The summed E-state index contributed by atoms with van der Waals surface area (Å²) in [6.45, 7) is 1.01. The molecule has 1 aromatic carbocycles. The molecule has 1 N–H and O–H groups in total. The topological polar surface area (TPSA) is 29.5 Å². The van der Waals surface area contributed by atoms with Gasteiger partial charge in [0.15, 0.2) is 0 Å². The second kappa shape index (κ2) is 4.58. The summed E-state index contributed by atoms with van der Waals surface area (Å²) in [7, 11) is 0. The second-order valence-electron chi connectivity index (χ2n) is 3.94. The van der Waals surface area contributed by atoms with Gasteiger partial charge in [-0.05, 0) is 24.3 Å². The number of ether oxygens (including phenoxy) is 1. The molecule has 0 bridgehead atoms. The summed E-state index contributed by atoms with van der Waals surface area (Å²) < 4.78 is 5.68. The minimum atomic E-state index is 0.311. The third kappa shape index (κ3) is 2.34. The monoisotopic (exact) mass is 192 g/mol. The third-order valence-corrected chi connectivity index (χ3v) is 2.78. The van der Waals surface area contributed by atoms with Crippen molar-refractivity contribution in [2.75, 3.05) is 6.61 Å². The summed E-state index contributed by atoms with van der Waals surface area (Å²) in [5.41, 5.74) is 1.22. The van der Waals surface area contributed by atoms with Crippen molar-refractivity contribution in [1.82, 2.24) is 0 Å². The summed E-state index contributed by atoms with van der Waals surface area (Å²) in [4.78, 5) is 0. The zero-order chi connectivity index (χ0) is 9.80. The Kier molecular flexibility index (Phi) is 3.17. The van der Waals surface area contributed by atoms with Crippen LogP contribution in [0.3, 0.4) is 0 Å². The van der Waals surface area contributed by atoms with E-state index in [0.29, 0.717) is 25.2 Å². The van der Waals surface area contributed by atoms with Crippen molar-refractivity contribution in [2.45, 2.75) is 25.6 Å². The van der Waals surface area contributed by atoms with Gasteiger partial charge in [0.1, 0.15) is 0 Å². The highest BCUT2D eigenvalue weighted by atomic mass is 16.5. The molecule has 0 aromatic heterocycles. The number of rotatable bonds is 4. The first-order valence-corrected chi connectivity index (χ1v) is 5.15. The smallest absolute Gasteiger partial charge is 0.0720 e. The van der Waals surface area contributed by atoms with Crippen molar-refractivity contribution in [2.24, 2.45) is 5.92 Å². The predicted octanol–water partition coefficient (Wildman–Crippen LogP) is 1.97. The van der Waals surface area contributed by atoms with Crippen LogP contribution in [0.1, 0.15) is 18.4 Å². The van der Waals surface area contributed by atoms with Gasteiger partial charge in [-0.3, -0.25) is 0 Å². The highest BCUT2D eigenvalue weighted by Crippen LogP contribution is 2.29. The third-order valence-electron chi connectivity index (χ3n) is 2.78. The van der Waals surface area contributed by atoms with E-state index >= 15 is 0 Å².